The van der Waals surface area contributed by atoms with E-state index in [1.807, 2.05) is 6.92 Å². The molecule has 0 aliphatic carbocycles. The lowest BCUT2D eigenvalue weighted by Gasteiger charge is -2.29. The van der Waals surface area contributed by atoms with Crippen LogP contribution in [-0.2, 0) is 19.1 Å². The van der Waals surface area contributed by atoms with Crippen molar-refractivity contribution in [3.8, 4) is 0 Å². The van der Waals surface area contributed by atoms with Crippen LogP contribution in [0.5, 0.6) is 0 Å². The number of H-pyrrole nitrogens is 1. The fourth-order valence-corrected chi connectivity index (χ4v) is 5.33. The summed E-state index contributed by atoms with van der Waals surface area (Å²) in [6.45, 7) is 6.74. The molecule has 0 aromatic carbocycles. The van der Waals surface area contributed by atoms with Crippen molar-refractivity contribution in [2.45, 2.75) is 57.6 Å². The lowest BCUT2D eigenvalue weighted by molar-refractivity contribution is -0.155. The van der Waals surface area contributed by atoms with Gasteiger partial charge in [-0.1, -0.05) is 0 Å². The molecular weight excluding hydrogens is 384 g/mol. The number of ketones is 1. The van der Waals surface area contributed by atoms with Crippen molar-refractivity contribution >= 4 is 35.4 Å². The summed E-state index contributed by atoms with van der Waals surface area (Å²) in [6.07, 6.45) is 0.0645. The Bertz CT molecular complexity index is 863. The van der Waals surface area contributed by atoms with Gasteiger partial charge in [0.15, 0.2) is 6.10 Å². The van der Waals surface area contributed by atoms with E-state index in [4.69, 9.17) is 9.47 Å². The molecule has 2 fully saturated rings. The second kappa shape index (κ2) is 7.27. The minimum Gasteiger partial charge on any atom is -0.465 e. The standard InChI is InChI=1S/C19H24N2O6S/c1-9-14(18(25)26-5)10(2)20-15(9)16(23)11(3)27-17(24)12-8-28-19(4)7-6-13(22)21(12)19/h11-12,20H,6-8H2,1-5H3. The van der Waals surface area contributed by atoms with E-state index >= 15 is 0 Å². The third-order valence-corrected chi connectivity index (χ3v) is 6.96. The molecule has 2 saturated heterocycles. The monoisotopic (exact) mass is 408 g/mol. The number of nitrogens with one attached hydrogen (secondary N) is 1. The van der Waals surface area contributed by atoms with Crippen LogP contribution in [0.4, 0.5) is 0 Å². The Hall–Kier alpha value is -2.29. The van der Waals surface area contributed by atoms with Crippen LogP contribution in [0.1, 0.15) is 58.8 Å². The maximum atomic E-state index is 12.8. The highest BCUT2D eigenvalue weighted by Gasteiger charge is 2.53. The van der Waals surface area contributed by atoms with Gasteiger partial charge in [-0.3, -0.25) is 9.59 Å². The zero-order valence-corrected chi connectivity index (χ0v) is 17.4. The quantitative estimate of drug-likeness (QED) is 0.587. The summed E-state index contributed by atoms with van der Waals surface area (Å²) in [5.74, 6) is -1.17. The largest absolute Gasteiger partial charge is 0.465 e. The van der Waals surface area contributed by atoms with Gasteiger partial charge in [0.2, 0.25) is 11.7 Å². The molecule has 3 rings (SSSR count). The Kier molecular flexibility index (Phi) is 5.31. The number of fused-ring (bicyclic) bond motifs is 1. The van der Waals surface area contributed by atoms with Gasteiger partial charge in [0.25, 0.3) is 0 Å². The highest BCUT2D eigenvalue weighted by molar-refractivity contribution is 8.01. The van der Waals surface area contributed by atoms with Gasteiger partial charge >= 0.3 is 11.9 Å². The third-order valence-electron chi connectivity index (χ3n) is 5.45. The molecular formula is C19H24N2O6S. The Balaban J connectivity index is 1.74. The predicted molar refractivity (Wildman–Crippen MR) is 102 cm³/mol. The molecule has 3 unspecified atom stereocenters. The van der Waals surface area contributed by atoms with Crippen LogP contribution in [0.3, 0.4) is 0 Å². The number of Topliss-reactive ketones (excluding diaryl/α,β-unsaturated/α-hetero) is 1. The Labute approximate surface area is 167 Å². The van der Waals surface area contributed by atoms with E-state index in [1.165, 1.54) is 14.0 Å². The van der Waals surface area contributed by atoms with Crippen molar-refractivity contribution in [3.63, 3.8) is 0 Å². The minimum atomic E-state index is -1.05. The minimum absolute atomic E-state index is 0.0630. The summed E-state index contributed by atoms with van der Waals surface area (Å²) in [5.41, 5.74) is 1.48. The van der Waals surface area contributed by atoms with Crippen LogP contribution in [-0.4, -0.2) is 63.4 Å². The van der Waals surface area contributed by atoms with Crippen molar-refractivity contribution in [2.75, 3.05) is 12.9 Å². The number of aromatic amines is 1. The Morgan fingerprint density at radius 1 is 1.32 bits per heavy atom. The molecule has 152 valence electrons. The first-order chi connectivity index (χ1) is 13.1. The topological polar surface area (TPSA) is 106 Å². The molecule has 3 atom stereocenters. The molecule has 2 aliphatic rings. The number of carbonyl (C=O) groups is 4. The molecule has 1 amide bonds. The zero-order chi connectivity index (χ0) is 20.8. The second-order valence-electron chi connectivity index (χ2n) is 7.33. The summed E-state index contributed by atoms with van der Waals surface area (Å²) in [4.78, 5) is 53.7. The summed E-state index contributed by atoms with van der Waals surface area (Å²) in [5, 5.41) is 0. The van der Waals surface area contributed by atoms with Gasteiger partial charge in [0.05, 0.1) is 23.2 Å². The van der Waals surface area contributed by atoms with Crippen molar-refractivity contribution in [1.29, 1.82) is 0 Å². The number of hydrogen-bond donors (Lipinski definition) is 1. The summed E-state index contributed by atoms with van der Waals surface area (Å²) >= 11 is 1.56. The van der Waals surface area contributed by atoms with Crippen LogP contribution >= 0.6 is 11.8 Å². The summed E-state index contributed by atoms with van der Waals surface area (Å²) < 4.78 is 10.2. The normalized spacial score (nSPS) is 24.8. The number of hydrogen-bond acceptors (Lipinski definition) is 7. The van der Waals surface area contributed by atoms with Gasteiger partial charge in [-0.2, -0.15) is 0 Å². The maximum Gasteiger partial charge on any atom is 0.339 e. The molecule has 1 N–H and O–H groups in total. The predicted octanol–water partition coefficient (Wildman–Crippen LogP) is 1.99. The van der Waals surface area contributed by atoms with Gasteiger partial charge in [-0.15, -0.1) is 11.8 Å². The van der Waals surface area contributed by atoms with E-state index in [1.54, 1.807) is 30.5 Å². The van der Waals surface area contributed by atoms with Gasteiger partial charge in [0.1, 0.15) is 6.04 Å². The highest BCUT2D eigenvalue weighted by Crippen LogP contribution is 2.47. The summed E-state index contributed by atoms with van der Waals surface area (Å²) in [6, 6.07) is -0.683. The number of aromatic nitrogens is 1. The second-order valence-corrected chi connectivity index (χ2v) is 8.83. The number of carbonyl (C=O) groups excluding carboxylic acids is 4. The SMILES string of the molecule is COC(=O)c1c(C)[nH]c(C(=O)C(C)OC(=O)C2CSC3(C)CCC(=O)N23)c1C. The van der Waals surface area contributed by atoms with Crippen LogP contribution in [0.25, 0.3) is 0 Å². The zero-order valence-electron chi connectivity index (χ0n) is 16.6. The first-order valence-electron chi connectivity index (χ1n) is 9.09. The number of methoxy groups -OCH3 is 1. The van der Waals surface area contributed by atoms with Crippen molar-refractivity contribution in [2.24, 2.45) is 0 Å². The number of aryl methyl sites for hydroxylation is 1. The van der Waals surface area contributed by atoms with E-state index in [9.17, 15) is 19.2 Å². The van der Waals surface area contributed by atoms with Gasteiger partial charge in [-0.25, -0.2) is 9.59 Å². The Morgan fingerprint density at radius 3 is 2.64 bits per heavy atom. The molecule has 3 heterocycles. The smallest absolute Gasteiger partial charge is 0.339 e. The van der Waals surface area contributed by atoms with E-state index in [0.29, 0.717) is 35.4 Å². The van der Waals surface area contributed by atoms with Crippen LogP contribution < -0.4 is 0 Å². The third kappa shape index (κ3) is 3.21. The van der Waals surface area contributed by atoms with E-state index in [-0.39, 0.29) is 16.5 Å². The van der Waals surface area contributed by atoms with Crippen LogP contribution in [0.2, 0.25) is 0 Å². The molecule has 1 aromatic heterocycles. The molecule has 1 aromatic rings. The summed E-state index contributed by atoms with van der Waals surface area (Å²) in [7, 11) is 1.27. The first kappa shape index (κ1) is 20.4. The average molecular weight is 408 g/mol. The molecule has 0 saturated carbocycles. The molecule has 0 spiro atoms. The molecule has 0 radical (unpaired) electrons. The molecule has 9 heteroatoms. The maximum absolute atomic E-state index is 12.8. The van der Waals surface area contributed by atoms with Crippen molar-refractivity contribution < 1.29 is 28.7 Å². The number of amides is 1. The van der Waals surface area contributed by atoms with Crippen molar-refractivity contribution in [1.82, 2.24) is 9.88 Å². The molecule has 2 aliphatic heterocycles. The van der Waals surface area contributed by atoms with Crippen LogP contribution in [0.15, 0.2) is 0 Å². The number of nitrogens with zero attached hydrogens (tertiary/aromatic N) is 1. The van der Waals surface area contributed by atoms with E-state index in [2.05, 4.69) is 4.98 Å². The average Bonchev–Trinajstić information content (AvgIpc) is 3.24. The number of esters is 2. The van der Waals surface area contributed by atoms with Gasteiger partial charge < -0.3 is 19.4 Å². The highest BCUT2D eigenvalue weighted by atomic mass is 32.2. The lowest BCUT2D eigenvalue weighted by atomic mass is 10.1. The molecule has 0 bridgehead atoms. The molecule has 8 nitrogen and oxygen atoms in total. The number of thioether (sulfide) groups is 1. The molecule has 28 heavy (non-hydrogen) atoms. The van der Waals surface area contributed by atoms with E-state index in [0.717, 1.165) is 0 Å². The van der Waals surface area contributed by atoms with Crippen molar-refractivity contribution in [3.05, 3.63) is 22.5 Å². The fraction of sp³-hybridized carbons (Fsp3) is 0.579. The number of ether oxygens (including phenoxy) is 2. The Morgan fingerprint density at radius 2 is 2.00 bits per heavy atom. The van der Waals surface area contributed by atoms with Gasteiger partial charge in [-0.05, 0) is 39.7 Å². The van der Waals surface area contributed by atoms with Crippen LogP contribution in [0, 0.1) is 13.8 Å². The lowest BCUT2D eigenvalue weighted by Crippen LogP contribution is -2.47. The first-order valence-corrected chi connectivity index (χ1v) is 10.1. The van der Waals surface area contributed by atoms with E-state index < -0.39 is 29.9 Å². The fourth-order valence-electron chi connectivity index (χ4n) is 3.91. The number of rotatable bonds is 5. The van der Waals surface area contributed by atoms with Gasteiger partial charge in [0, 0.05) is 17.9 Å².